The van der Waals surface area contributed by atoms with Crippen molar-refractivity contribution in [1.82, 2.24) is 4.31 Å². The second-order valence-electron chi connectivity index (χ2n) is 5.74. The van der Waals surface area contributed by atoms with Crippen LogP contribution in [0.5, 0.6) is 0 Å². The molecule has 0 radical (unpaired) electrons. The highest BCUT2D eigenvalue weighted by Crippen LogP contribution is 2.20. The van der Waals surface area contributed by atoms with Crippen LogP contribution in [0.25, 0.3) is 0 Å². The number of aryl methyl sites for hydroxylation is 1. The van der Waals surface area contributed by atoms with E-state index in [1.165, 1.54) is 4.31 Å². The fourth-order valence-corrected chi connectivity index (χ4v) is 4.03. The zero-order valence-corrected chi connectivity index (χ0v) is 15.5. The van der Waals surface area contributed by atoms with Gasteiger partial charge in [-0.3, -0.25) is 0 Å². The van der Waals surface area contributed by atoms with Crippen molar-refractivity contribution in [1.29, 1.82) is 0 Å². The highest BCUT2D eigenvalue weighted by Gasteiger charge is 2.28. The van der Waals surface area contributed by atoms with E-state index in [4.69, 9.17) is 0 Å². The summed E-state index contributed by atoms with van der Waals surface area (Å²) in [5.41, 5.74) is 1.88. The lowest BCUT2D eigenvalue weighted by molar-refractivity contribution is 0.386. The van der Waals surface area contributed by atoms with Crippen LogP contribution in [0, 0.1) is 18.8 Å². The normalized spacial score (nSPS) is 12.3. The predicted octanol–water partition coefficient (Wildman–Crippen LogP) is 4.00. The Morgan fingerprint density at radius 3 is 2.32 bits per heavy atom. The maximum atomic E-state index is 13.1. The lowest BCUT2D eigenvalue weighted by Gasteiger charge is -2.26. The molecular formula is C21H23NO2S. The molecule has 0 aliphatic rings. The highest BCUT2D eigenvalue weighted by atomic mass is 32.2. The van der Waals surface area contributed by atoms with Crippen LogP contribution in [0.15, 0.2) is 72.1 Å². The molecule has 4 heteroatoms. The third-order valence-electron chi connectivity index (χ3n) is 3.93. The first kappa shape index (κ1) is 19.0. The van der Waals surface area contributed by atoms with Gasteiger partial charge in [0.05, 0.1) is 11.4 Å². The van der Waals surface area contributed by atoms with E-state index < -0.39 is 10.0 Å². The first-order valence-electron chi connectivity index (χ1n) is 8.24. The molecule has 0 aliphatic carbocycles. The Kier molecular flexibility index (Phi) is 6.58. The molecule has 0 fully saturated rings. The Morgan fingerprint density at radius 1 is 1.12 bits per heavy atom. The van der Waals surface area contributed by atoms with Crippen molar-refractivity contribution in [2.75, 3.05) is 6.54 Å². The van der Waals surface area contributed by atoms with Crippen molar-refractivity contribution >= 4 is 10.0 Å². The number of hydrogen-bond donors (Lipinski definition) is 0. The monoisotopic (exact) mass is 353 g/mol. The van der Waals surface area contributed by atoms with E-state index in [2.05, 4.69) is 18.4 Å². The molecule has 25 heavy (non-hydrogen) atoms. The molecule has 130 valence electrons. The molecule has 0 spiro atoms. The van der Waals surface area contributed by atoms with Gasteiger partial charge < -0.3 is 0 Å². The third-order valence-corrected chi connectivity index (χ3v) is 5.81. The van der Waals surface area contributed by atoms with Gasteiger partial charge in [0.15, 0.2) is 0 Å². The van der Waals surface area contributed by atoms with Crippen LogP contribution in [0.1, 0.15) is 24.5 Å². The van der Waals surface area contributed by atoms with Crippen LogP contribution >= 0.6 is 0 Å². The summed E-state index contributed by atoms with van der Waals surface area (Å²) in [7, 11) is -3.64. The lowest BCUT2D eigenvalue weighted by atomic mass is 10.2. The molecule has 0 N–H and O–H groups in total. The van der Waals surface area contributed by atoms with Gasteiger partial charge in [0.2, 0.25) is 10.0 Å². The number of nitrogens with zero attached hydrogens (tertiary/aromatic N) is 1. The van der Waals surface area contributed by atoms with Gasteiger partial charge in [0.1, 0.15) is 0 Å². The van der Waals surface area contributed by atoms with E-state index in [0.29, 0.717) is 6.42 Å². The Labute approximate surface area is 151 Å². The fourth-order valence-electron chi connectivity index (χ4n) is 2.45. The fraction of sp³-hybridized carbons (Fsp3) is 0.238. The van der Waals surface area contributed by atoms with Crippen molar-refractivity contribution < 1.29 is 8.42 Å². The van der Waals surface area contributed by atoms with Gasteiger partial charge in [0.25, 0.3) is 0 Å². The third kappa shape index (κ3) is 4.82. The van der Waals surface area contributed by atoms with Crippen molar-refractivity contribution in [2.24, 2.45) is 0 Å². The molecule has 2 aromatic rings. The Morgan fingerprint density at radius 2 is 1.76 bits per heavy atom. The first-order valence-corrected chi connectivity index (χ1v) is 9.68. The summed E-state index contributed by atoms with van der Waals surface area (Å²) in [4.78, 5) is 0.278. The molecule has 0 heterocycles. The zero-order valence-electron chi connectivity index (χ0n) is 14.6. The standard InChI is InChI=1S/C21H23NO2S/c1-4-20(5-2)22(17-9-12-19-10-7-6-8-11-19)25(23,24)21-15-13-18(3)14-16-21/h4,6-8,10-11,13-16,20H,1,5,17H2,2-3H3. The molecule has 0 amide bonds. The van der Waals surface area contributed by atoms with E-state index in [-0.39, 0.29) is 17.5 Å². The SMILES string of the molecule is C=CC(CC)N(CC#Cc1ccccc1)S(=O)(=O)c1ccc(C)cc1. The molecule has 0 saturated carbocycles. The van der Waals surface area contributed by atoms with Gasteiger partial charge in [-0.05, 0) is 37.6 Å². The maximum Gasteiger partial charge on any atom is 0.244 e. The summed E-state index contributed by atoms with van der Waals surface area (Å²) in [6.45, 7) is 7.77. The molecular weight excluding hydrogens is 330 g/mol. The Bertz CT molecular complexity index is 860. The molecule has 2 rings (SSSR count). The van der Waals surface area contributed by atoms with E-state index >= 15 is 0 Å². The minimum atomic E-state index is -3.64. The summed E-state index contributed by atoms with van der Waals surface area (Å²) < 4.78 is 27.5. The summed E-state index contributed by atoms with van der Waals surface area (Å²) >= 11 is 0. The van der Waals surface area contributed by atoms with E-state index in [0.717, 1.165) is 11.1 Å². The predicted molar refractivity (Wildman–Crippen MR) is 103 cm³/mol. The Balaban J connectivity index is 2.34. The number of hydrogen-bond acceptors (Lipinski definition) is 2. The molecule has 0 aliphatic heterocycles. The van der Waals surface area contributed by atoms with E-state index in [1.54, 1.807) is 30.3 Å². The number of benzene rings is 2. The molecule has 0 bridgehead atoms. The number of sulfonamides is 1. The van der Waals surface area contributed by atoms with Crippen LogP contribution < -0.4 is 0 Å². The van der Waals surface area contributed by atoms with Gasteiger partial charge in [-0.1, -0.05) is 60.7 Å². The summed E-state index contributed by atoms with van der Waals surface area (Å²) in [6.07, 6.45) is 2.30. The minimum Gasteiger partial charge on any atom is -0.207 e. The first-order chi connectivity index (χ1) is 12.0. The zero-order chi connectivity index (χ0) is 18.3. The molecule has 1 unspecified atom stereocenters. The quantitative estimate of drug-likeness (QED) is 0.581. The van der Waals surface area contributed by atoms with Gasteiger partial charge in [0, 0.05) is 11.6 Å². The second kappa shape index (κ2) is 8.66. The summed E-state index contributed by atoms with van der Waals surface area (Å²) in [6, 6.07) is 16.1. The molecule has 1 atom stereocenters. The van der Waals surface area contributed by atoms with Crippen molar-refractivity contribution in [3.05, 3.63) is 78.4 Å². The van der Waals surface area contributed by atoms with Gasteiger partial charge in [-0.25, -0.2) is 8.42 Å². The van der Waals surface area contributed by atoms with Crippen LogP contribution in [-0.4, -0.2) is 25.3 Å². The van der Waals surface area contributed by atoms with Crippen molar-refractivity contribution in [2.45, 2.75) is 31.2 Å². The second-order valence-corrected chi connectivity index (χ2v) is 7.63. The van der Waals surface area contributed by atoms with Crippen molar-refractivity contribution in [3.63, 3.8) is 0 Å². The topological polar surface area (TPSA) is 37.4 Å². The average molecular weight is 353 g/mol. The average Bonchev–Trinajstić information content (AvgIpc) is 2.62. The minimum absolute atomic E-state index is 0.121. The van der Waals surface area contributed by atoms with Crippen molar-refractivity contribution in [3.8, 4) is 11.8 Å². The van der Waals surface area contributed by atoms with E-state index in [1.807, 2.05) is 44.2 Å². The van der Waals surface area contributed by atoms with E-state index in [9.17, 15) is 8.42 Å². The van der Waals surface area contributed by atoms with Crippen LogP contribution in [0.3, 0.4) is 0 Å². The molecule has 2 aromatic carbocycles. The summed E-state index contributed by atoms with van der Waals surface area (Å²) in [5.74, 6) is 6.01. The number of rotatable bonds is 6. The van der Waals surface area contributed by atoms with Crippen LogP contribution in [0.4, 0.5) is 0 Å². The molecule has 0 aromatic heterocycles. The van der Waals surface area contributed by atoms with Crippen LogP contribution in [-0.2, 0) is 10.0 Å². The summed E-state index contributed by atoms with van der Waals surface area (Å²) in [5, 5.41) is 0. The molecule has 0 saturated heterocycles. The maximum absolute atomic E-state index is 13.1. The van der Waals surface area contributed by atoms with Gasteiger partial charge >= 0.3 is 0 Å². The lowest BCUT2D eigenvalue weighted by Crippen LogP contribution is -2.39. The van der Waals surface area contributed by atoms with Gasteiger partial charge in [-0.2, -0.15) is 4.31 Å². The Hall–Kier alpha value is -2.35. The van der Waals surface area contributed by atoms with Crippen LogP contribution in [0.2, 0.25) is 0 Å². The highest BCUT2D eigenvalue weighted by molar-refractivity contribution is 7.89. The largest absolute Gasteiger partial charge is 0.244 e. The smallest absolute Gasteiger partial charge is 0.207 e. The van der Waals surface area contributed by atoms with Gasteiger partial charge in [-0.15, -0.1) is 6.58 Å². The molecule has 3 nitrogen and oxygen atoms in total.